The van der Waals surface area contributed by atoms with E-state index < -0.39 is 29.1 Å². The van der Waals surface area contributed by atoms with Crippen molar-refractivity contribution in [1.82, 2.24) is 4.90 Å². The molecule has 2 aliphatic rings. The Morgan fingerprint density at radius 2 is 1.65 bits per heavy atom. The zero-order valence-corrected chi connectivity index (χ0v) is 16.4. The minimum absolute atomic E-state index is 0.381. The molecule has 31 heavy (non-hydrogen) atoms. The molecular weight excluding hydrogens is 422 g/mol. The number of alkyl halides is 6. The second-order valence-electron chi connectivity index (χ2n) is 8.08. The van der Waals surface area contributed by atoms with E-state index in [0.29, 0.717) is 37.2 Å². The van der Waals surface area contributed by atoms with Gasteiger partial charge >= 0.3 is 12.4 Å². The average molecular weight is 442 g/mol. The molecule has 166 valence electrons. The molecule has 3 nitrogen and oxygen atoms in total. The summed E-state index contributed by atoms with van der Waals surface area (Å²) in [6.07, 6.45) is -6.91. The van der Waals surface area contributed by atoms with Crippen LogP contribution in [0.1, 0.15) is 41.5 Å². The van der Waals surface area contributed by atoms with Gasteiger partial charge < -0.3 is 4.84 Å². The lowest BCUT2D eigenvalue weighted by Gasteiger charge is -2.38. The molecule has 9 heteroatoms. The monoisotopic (exact) mass is 442 g/mol. The van der Waals surface area contributed by atoms with Gasteiger partial charge in [-0.3, -0.25) is 4.90 Å². The lowest BCUT2D eigenvalue weighted by atomic mass is 9.86. The van der Waals surface area contributed by atoms with Crippen LogP contribution in [0, 0.1) is 0 Å². The molecule has 1 fully saturated rings. The van der Waals surface area contributed by atoms with Gasteiger partial charge in [0.1, 0.15) is 0 Å². The van der Waals surface area contributed by atoms with Crippen LogP contribution in [-0.4, -0.2) is 29.3 Å². The van der Waals surface area contributed by atoms with Gasteiger partial charge in [-0.15, -0.1) is 0 Å². The van der Waals surface area contributed by atoms with Gasteiger partial charge in [0.25, 0.3) is 0 Å². The fourth-order valence-corrected chi connectivity index (χ4v) is 4.15. The predicted molar refractivity (Wildman–Crippen MR) is 102 cm³/mol. The van der Waals surface area contributed by atoms with Crippen LogP contribution in [0.4, 0.5) is 26.3 Å². The topological polar surface area (TPSA) is 24.8 Å². The SMILES string of the molecule is FC(F)(F)c1ccc(CN2CCCC3(CC(c4cccc(C(F)(F)F)c4)=NO3)C2)cc1. The first-order valence-corrected chi connectivity index (χ1v) is 9.85. The Bertz CT molecular complexity index is 967. The van der Waals surface area contributed by atoms with Gasteiger partial charge in [-0.2, -0.15) is 26.3 Å². The summed E-state index contributed by atoms with van der Waals surface area (Å²) in [5.41, 5.74) is -0.449. The van der Waals surface area contributed by atoms with Crippen molar-refractivity contribution in [3.05, 3.63) is 70.8 Å². The van der Waals surface area contributed by atoms with E-state index in [1.54, 1.807) is 6.07 Å². The summed E-state index contributed by atoms with van der Waals surface area (Å²) in [4.78, 5) is 7.80. The molecule has 2 aliphatic heterocycles. The fourth-order valence-electron chi connectivity index (χ4n) is 4.15. The largest absolute Gasteiger partial charge is 0.416 e. The van der Waals surface area contributed by atoms with Crippen LogP contribution in [0.15, 0.2) is 53.7 Å². The Labute approximate surface area is 175 Å². The third-order valence-corrected chi connectivity index (χ3v) is 5.67. The van der Waals surface area contributed by atoms with Gasteiger partial charge in [0.2, 0.25) is 0 Å². The van der Waals surface area contributed by atoms with Crippen LogP contribution in [0.5, 0.6) is 0 Å². The molecule has 2 heterocycles. The number of likely N-dealkylation sites (tertiary alicyclic amines) is 1. The molecule has 1 spiro atoms. The van der Waals surface area contributed by atoms with Crippen molar-refractivity contribution in [2.24, 2.45) is 5.16 Å². The molecule has 0 bridgehead atoms. The van der Waals surface area contributed by atoms with Crippen LogP contribution in [0.2, 0.25) is 0 Å². The van der Waals surface area contributed by atoms with Crippen molar-refractivity contribution in [2.45, 2.75) is 43.8 Å². The minimum Gasteiger partial charge on any atom is -0.387 e. The first kappa shape index (κ1) is 21.7. The summed E-state index contributed by atoms with van der Waals surface area (Å²) >= 11 is 0. The Morgan fingerprint density at radius 3 is 2.32 bits per heavy atom. The van der Waals surface area contributed by atoms with Crippen LogP contribution in [0.25, 0.3) is 0 Å². The summed E-state index contributed by atoms with van der Waals surface area (Å²) < 4.78 is 77.3. The van der Waals surface area contributed by atoms with Gasteiger partial charge in [-0.25, -0.2) is 0 Å². The number of rotatable bonds is 3. The zero-order valence-electron chi connectivity index (χ0n) is 16.4. The Kier molecular flexibility index (Phi) is 5.49. The van der Waals surface area contributed by atoms with Gasteiger partial charge in [-0.05, 0) is 49.2 Å². The third kappa shape index (κ3) is 4.87. The molecule has 1 atom stereocenters. The van der Waals surface area contributed by atoms with Gasteiger partial charge in [0, 0.05) is 25.1 Å². The number of oxime groups is 1. The van der Waals surface area contributed by atoms with Gasteiger partial charge in [0.05, 0.1) is 16.8 Å². The van der Waals surface area contributed by atoms with Crippen molar-refractivity contribution >= 4 is 5.71 Å². The first-order chi connectivity index (χ1) is 14.5. The number of hydrogen-bond acceptors (Lipinski definition) is 3. The Morgan fingerprint density at radius 1 is 0.935 bits per heavy atom. The maximum absolute atomic E-state index is 13.0. The molecule has 2 aromatic carbocycles. The summed E-state index contributed by atoms with van der Waals surface area (Å²) in [7, 11) is 0. The second kappa shape index (κ2) is 7.85. The van der Waals surface area contributed by atoms with Crippen molar-refractivity contribution in [3.63, 3.8) is 0 Å². The maximum atomic E-state index is 13.0. The highest BCUT2D eigenvalue weighted by Crippen LogP contribution is 2.37. The van der Waals surface area contributed by atoms with E-state index in [2.05, 4.69) is 10.1 Å². The Balaban J connectivity index is 1.42. The summed E-state index contributed by atoms with van der Waals surface area (Å²) in [6.45, 7) is 1.72. The van der Waals surface area contributed by atoms with Crippen molar-refractivity contribution < 1.29 is 31.2 Å². The summed E-state index contributed by atoms with van der Waals surface area (Å²) in [5, 5.41) is 4.08. The molecule has 1 unspecified atom stereocenters. The molecule has 2 aromatic rings. The summed E-state index contributed by atoms with van der Waals surface area (Å²) in [5.74, 6) is 0. The van der Waals surface area contributed by atoms with E-state index in [0.717, 1.165) is 42.8 Å². The minimum atomic E-state index is -4.43. The van der Waals surface area contributed by atoms with Crippen molar-refractivity contribution in [2.75, 3.05) is 13.1 Å². The van der Waals surface area contributed by atoms with Crippen molar-refractivity contribution in [1.29, 1.82) is 0 Å². The van der Waals surface area contributed by atoms with E-state index in [1.807, 2.05) is 0 Å². The third-order valence-electron chi connectivity index (χ3n) is 5.67. The molecule has 0 radical (unpaired) electrons. The lowest BCUT2D eigenvalue weighted by Crippen LogP contribution is -2.47. The predicted octanol–water partition coefficient (Wildman–Crippen LogP) is 5.88. The normalized spacial score (nSPS) is 22.5. The molecule has 4 rings (SSSR count). The van der Waals surface area contributed by atoms with Crippen LogP contribution in [-0.2, 0) is 23.7 Å². The smallest absolute Gasteiger partial charge is 0.387 e. The molecule has 0 aromatic heterocycles. The van der Waals surface area contributed by atoms with E-state index in [1.165, 1.54) is 18.2 Å². The highest BCUT2D eigenvalue weighted by Gasteiger charge is 2.43. The van der Waals surface area contributed by atoms with E-state index >= 15 is 0 Å². The molecule has 0 amide bonds. The highest BCUT2D eigenvalue weighted by molar-refractivity contribution is 6.01. The van der Waals surface area contributed by atoms with Crippen LogP contribution in [0.3, 0.4) is 0 Å². The standard InChI is InChI=1S/C22H20F6N2O/c23-21(24,25)17-7-5-15(6-8-17)13-30-10-2-9-20(14-30)12-19(29-31-20)16-3-1-4-18(11-16)22(26,27)28/h1,3-8,11H,2,9-10,12-14H2. The van der Waals surface area contributed by atoms with Gasteiger partial charge in [0.15, 0.2) is 5.60 Å². The highest BCUT2D eigenvalue weighted by atomic mass is 19.4. The van der Waals surface area contributed by atoms with E-state index in [9.17, 15) is 26.3 Å². The van der Waals surface area contributed by atoms with Gasteiger partial charge in [-0.1, -0.05) is 29.4 Å². The molecule has 0 aliphatic carbocycles. The average Bonchev–Trinajstić information content (AvgIpc) is 3.10. The molecule has 1 saturated heterocycles. The molecule has 0 saturated carbocycles. The number of piperidine rings is 1. The number of hydrogen-bond donors (Lipinski definition) is 0. The molecular formula is C22H20F6N2O. The van der Waals surface area contributed by atoms with E-state index in [-0.39, 0.29) is 0 Å². The second-order valence-corrected chi connectivity index (χ2v) is 8.08. The van der Waals surface area contributed by atoms with Crippen LogP contribution < -0.4 is 0 Å². The number of benzene rings is 2. The fraction of sp³-hybridized carbons (Fsp3) is 0.409. The molecule has 0 N–H and O–H groups in total. The number of nitrogens with zero attached hydrogens (tertiary/aromatic N) is 2. The van der Waals surface area contributed by atoms with E-state index in [4.69, 9.17) is 4.84 Å². The maximum Gasteiger partial charge on any atom is 0.416 e. The lowest BCUT2D eigenvalue weighted by molar-refractivity contribution is -0.138. The summed E-state index contributed by atoms with van der Waals surface area (Å²) in [6, 6.07) is 10.1. The quantitative estimate of drug-likeness (QED) is 0.555. The Hall–Kier alpha value is -2.55. The zero-order chi connectivity index (χ0) is 22.3. The van der Waals surface area contributed by atoms with Crippen molar-refractivity contribution in [3.8, 4) is 0 Å². The first-order valence-electron chi connectivity index (χ1n) is 9.85. The van der Waals surface area contributed by atoms with Crippen LogP contribution >= 0.6 is 0 Å². The number of halogens is 6.